The minimum Gasteiger partial charge on any atom is -0.485 e. The molecule has 0 spiro atoms. The van der Waals surface area contributed by atoms with Crippen LogP contribution in [0.3, 0.4) is 0 Å². The number of hydrogen-bond donors (Lipinski definition) is 2. The van der Waals surface area contributed by atoms with E-state index in [0.29, 0.717) is 16.7 Å². The number of anilines is 1. The number of para-hydroxylation sites is 1. The number of benzene rings is 6. The van der Waals surface area contributed by atoms with Crippen LogP contribution in [0.25, 0.3) is 11.1 Å². The molecule has 6 rings (SSSR count). The molecule has 6 aromatic rings. The molecule has 0 aliphatic heterocycles. The molecule has 0 saturated carbocycles. The molecule has 6 aromatic carbocycles. The number of amides is 2. The minimum absolute atomic E-state index is 0.0114. The lowest BCUT2D eigenvalue weighted by atomic mass is 9.97. The molecule has 1 atom stereocenters. The molecule has 2 N–H and O–H groups in total. The summed E-state index contributed by atoms with van der Waals surface area (Å²) in [7, 11) is -0.682. The number of alkyl carbamates (subject to hydrolysis) is 1. The van der Waals surface area contributed by atoms with E-state index in [1.807, 2.05) is 121 Å². The van der Waals surface area contributed by atoms with Crippen LogP contribution in [0.4, 0.5) is 10.5 Å². The summed E-state index contributed by atoms with van der Waals surface area (Å²) in [4.78, 5) is 39.3. The van der Waals surface area contributed by atoms with Crippen molar-refractivity contribution in [3.05, 3.63) is 173 Å². The highest BCUT2D eigenvalue weighted by Gasteiger charge is 2.29. The van der Waals surface area contributed by atoms with Gasteiger partial charge < -0.3 is 38.8 Å². The quantitative estimate of drug-likeness (QED) is 0.0562. The van der Waals surface area contributed by atoms with E-state index in [1.165, 1.54) is 6.92 Å². The highest BCUT2D eigenvalue weighted by molar-refractivity contribution is 7.17. The third-order valence-corrected chi connectivity index (χ3v) is 9.54. The summed E-state index contributed by atoms with van der Waals surface area (Å²) >= 11 is 0. The van der Waals surface area contributed by atoms with E-state index >= 15 is 0 Å². The van der Waals surface area contributed by atoms with Crippen LogP contribution in [0.15, 0.2) is 146 Å². The standard InChI is InChI=1S/C48H45N2O10P/c1-3-42(51)56-32-38-25-16-26-39(43(38)50-47(52)33(2)49-48(53)59-31-37-23-14-7-15-24-37)40-27-41(55-28-34-17-8-4-9-18-34)45(60-61-54)46(58-30-36-21-12-6-13-22-36)44(40)57-29-35-19-10-5-11-20-35/h4-27,33H,3,28-32H2,1-2H3,(H,49,53)(H,50,52)/t33-/m0/s1. The molecule has 0 aliphatic carbocycles. The second kappa shape index (κ2) is 22.3. The monoisotopic (exact) mass is 840 g/mol. The summed E-state index contributed by atoms with van der Waals surface area (Å²) in [5, 5.41) is 5.57. The fourth-order valence-corrected chi connectivity index (χ4v) is 6.34. The highest BCUT2D eigenvalue weighted by Crippen LogP contribution is 2.53. The fraction of sp³-hybridized carbons (Fsp3) is 0.188. The number of rotatable bonds is 20. The lowest BCUT2D eigenvalue weighted by Crippen LogP contribution is -2.42. The van der Waals surface area contributed by atoms with Crippen LogP contribution in [0.5, 0.6) is 23.0 Å². The molecule has 12 nitrogen and oxygen atoms in total. The molecule has 61 heavy (non-hydrogen) atoms. The Morgan fingerprint density at radius 2 is 1.10 bits per heavy atom. The van der Waals surface area contributed by atoms with Crippen molar-refractivity contribution in [2.45, 2.75) is 59.3 Å². The largest absolute Gasteiger partial charge is 0.485 e. The van der Waals surface area contributed by atoms with Gasteiger partial charge in [0.15, 0.2) is 11.5 Å². The zero-order valence-electron chi connectivity index (χ0n) is 33.7. The average Bonchev–Trinajstić information content (AvgIpc) is 3.30. The van der Waals surface area contributed by atoms with Crippen LogP contribution in [0.2, 0.25) is 0 Å². The van der Waals surface area contributed by atoms with Crippen molar-refractivity contribution < 1.29 is 47.2 Å². The van der Waals surface area contributed by atoms with Gasteiger partial charge in [-0.3, -0.25) is 9.59 Å². The fourth-order valence-electron chi connectivity index (χ4n) is 6.09. The molecular weight excluding hydrogens is 796 g/mol. The van der Waals surface area contributed by atoms with E-state index in [-0.39, 0.29) is 68.1 Å². The van der Waals surface area contributed by atoms with Crippen LogP contribution < -0.4 is 29.4 Å². The van der Waals surface area contributed by atoms with Crippen molar-refractivity contribution in [3.8, 4) is 34.1 Å². The Kier molecular flexibility index (Phi) is 15.8. The van der Waals surface area contributed by atoms with E-state index in [0.717, 1.165) is 22.3 Å². The number of carbonyl (C=O) groups is 3. The third kappa shape index (κ3) is 12.4. The first-order chi connectivity index (χ1) is 29.8. The van der Waals surface area contributed by atoms with Crippen LogP contribution in [0, 0.1) is 0 Å². The molecule has 0 bridgehead atoms. The highest BCUT2D eigenvalue weighted by atomic mass is 31.1. The van der Waals surface area contributed by atoms with Crippen LogP contribution in [0.1, 0.15) is 48.1 Å². The molecular formula is C48H45N2O10P. The predicted molar refractivity (Wildman–Crippen MR) is 230 cm³/mol. The Hall–Kier alpha value is -7.17. The molecule has 0 aliphatic rings. The third-order valence-electron chi connectivity index (χ3n) is 9.28. The summed E-state index contributed by atoms with van der Waals surface area (Å²) in [6.45, 7) is 3.27. The first kappa shape index (κ1) is 43.4. The molecule has 0 heterocycles. The van der Waals surface area contributed by atoms with E-state index in [2.05, 4.69) is 10.6 Å². The summed E-state index contributed by atoms with van der Waals surface area (Å²) < 4.78 is 48.6. The number of ether oxygens (including phenoxy) is 5. The first-order valence-electron chi connectivity index (χ1n) is 19.6. The second-order valence-electron chi connectivity index (χ2n) is 13.7. The normalized spacial score (nSPS) is 11.2. The smallest absolute Gasteiger partial charge is 0.408 e. The van der Waals surface area contributed by atoms with E-state index in [1.54, 1.807) is 31.2 Å². The Morgan fingerprint density at radius 1 is 0.574 bits per heavy atom. The minimum atomic E-state index is -1.07. The van der Waals surface area contributed by atoms with Crippen molar-refractivity contribution in [2.75, 3.05) is 5.32 Å². The maximum atomic E-state index is 14.0. The molecule has 0 saturated heterocycles. The number of hydrogen-bond acceptors (Lipinski definition) is 10. The van der Waals surface area contributed by atoms with Crippen molar-refractivity contribution in [3.63, 3.8) is 0 Å². The maximum Gasteiger partial charge on any atom is 0.408 e. The van der Waals surface area contributed by atoms with Gasteiger partial charge in [-0.15, -0.1) is 0 Å². The van der Waals surface area contributed by atoms with E-state index in [9.17, 15) is 18.9 Å². The maximum absolute atomic E-state index is 14.0. The first-order valence-corrected chi connectivity index (χ1v) is 20.3. The van der Waals surface area contributed by atoms with Gasteiger partial charge in [0.1, 0.15) is 39.1 Å². The van der Waals surface area contributed by atoms with Gasteiger partial charge in [-0.05, 0) is 35.2 Å². The summed E-state index contributed by atoms with van der Waals surface area (Å²) in [5.41, 5.74) is 4.80. The zero-order valence-corrected chi connectivity index (χ0v) is 34.6. The van der Waals surface area contributed by atoms with Crippen LogP contribution in [-0.2, 0) is 56.7 Å². The molecule has 0 unspecified atom stereocenters. The van der Waals surface area contributed by atoms with Crippen molar-refractivity contribution in [1.29, 1.82) is 0 Å². The van der Waals surface area contributed by atoms with Gasteiger partial charge in [0.2, 0.25) is 17.4 Å². The van der Waals surface area contributed by atoms with Gasteiger partial charge in [-0.25, -0.2) is 9.36 Å². The second-order valence-corrected chi connectivity index (χ2v) is 14.0. The van der Waals surface area contributed by atoms with E-state index in [4.69, 9.17) is 28.2 Å². The predicted octanol–water partition coefficient (Wildman–Crippen LogP) is 10.4. The Morgan fingerprint density at radius 3 is 1.64 bits per heavy atom. The molecule has 13 heteroatoms. The Balaban J connectivity index is 1.47. The van der Waals surface area contributed by atoms with Crippen LogP contribution >= 0.6 is 8.69 Å². The van der Waals surface area contributed by atoms with Crippen molar-refractivity contribution >= 4 is 32.3 Å². The molecule has 0 aromatic heterocycles. The molecule has 0 radical (unpaired) electrons. The molecule has 2 amide bonds. The Bertz CT molecular complexity index is 2380. The SMILES string of the molecule is CCC(=O)OCc1cccc(-c2cc(OCc3ccccc3)c(OP=O)c(OCc3ccccc3)c2OCc2ccccc2)c1NC(=O)[C@H](C)NC(=O)OCc1ccccc1. The van der Waals surface area contributed by atoms with Gasteiger partial charge in [0, 0.05) is 23.1 Å². The topological polar surface area (TPSA) is 148 Å². The van der Waals surface area contributed by atoms with Crippen molar-refractivity contribution in [2.24, 2.45) is 0 Å². The van der Waals surface area contributed by atoms with Gasteiger partial charge in [0.25, 0.3) is 0 Å². The van der Waals surface area contributed by atoms with Gasteiger partial charge in [-0.1, -0.05) is 146 Å². The van der Waals surface area contributed by atoms with Gasteiger partial charge in [0.05, 0.1) is 5.69 Å². The number of esters is 1. The molecule has 0 fully saturated rings. The lowest BCUT2D eigenvalue weighted by Gasteiger charge is -2.24. The zero-order chi connectivity index (χ0) is 42.8. The number of carbonyl (C=O) groups excluding carboxylic acids is 3. The summed E-state index contributed by atoms with van der Waals surface area (Å²) in [6.07, 6.45) is -0.655. The van der Waals surface area contributed by atoms with Gasteiger partial charge >= 0.3 is 20.7 Å². The Labute approximate surface area is 356 Å². The van der Waals surface area contributed by atoms with E-state index < -0.39 is 32.7 Å². The van der Waals surface area contributed by atoms with Crippen LogP contribution in [-0.4, -0.2) is 24.0 Å². The summed E-state index contributed by atoms with van der Waals surface area (Å²) in [5.74, 6) is -0.601. The summed E-state index contributed by atoms with van der Waals surface area (Å²) in [6, 6.07) is 43.4. The number of nitrogens with one attached hydrogen (secondary N) is 2. The van der Waals surface area contributed by atoms with Crippen molar-refractivity contribution in [1.82, 2.24) is 5.32 Å². The average molecular weight is 841 g/mol. The molecule has 312 valence electrons. The lowest BCUT2D eigenvalue weighted by molar-refractivity contribution is -0.144. The van der Waals surface area contributed by atoms with Gasteiger partial charge in [-0.2, -0.15) is 0 Å².